The maximum absolute atomic E-state index is 13.6. The van der Waals surface area contributed by atoms with Gasteiger partial charge in [-0.15, -0.1) is 0 Å². The Morgan fingerprint density at radius 3 is 2.29 bits per heavy atom. The number of nitrogens with zero attached hydrogens (tertiary/aromatic N) is 1. The third kappa shape index (κ3) is 2.93. The number of likely N-dealkylation sites (tertiary alicyclic amines) is 1. The number of para-hydroxylation sites is 1. The zero-order valence-electron chi connectivity index (χ0n) is 16.5. The van der Waals surface area contributed by atoms with Crippen LogP contribution in [0.1, 0.15) is 23.1 Å². The van der Waals surface area contributed by atoms with Crippen molar-refractivity contribution in [3.63, 3.8) is 0 Å². The minimum atomic E-state index is -1.38. The number of amides is 2. The minimum Gasteiger partial charge on any atom is -0.424 e. The Morgan fingerprint density at radius 2 is 1.58 bits per heavy atom. The summed E-state index contributed by atoms with van der Waals surface area (Å²) in [5, 5.41) is 0. The first kappa shape index (κ1) is 19.7. The van der Waals surface area contributed by atoms with Crippen LogP contribution in [0.5, 0.6) is 5.75 Å². The molecule has 0 spiro atoms. The molecule has 0 aromatic heterocycles. The van der Waals surface area contributed by atoms with Crippen LogP contribution in [-0.4, -0.2) is 22.7 Å². The maximum Gasteiger partial charge on any atom is 0.327 e. The van der Waals surface area contributed by atoms with E-state index in [0.717, 1.165) is 5.56 Å². The van der Waals surface area contributed by atoms with Gasteiger partial charge in [0.15, 0.2) is 0 Å². The van der Waals surface area contributed by atoms with E-state index in [1.807, 2.05) is 66.7 Å². The highest BCUT2D eigenvalue weighted by atomic mass is 79.9. The SMILES string of the molecule is O=C1C[C@@H]([C@@]2(c3ccccc3)C(=O)Oc3c(Br)cccc32)C(=O)N1Cc1ccccc1. The molecule has 0 unspecified atom stereocenters. The second-order valence-electron chi connectivity index (χ2n) is 7.74. The molecule has 5 rings (SSSR count). The summed E-state index contributed by atoms with van der Waals surface area (Å²) in [5.74, 6) is -1.66. The molecule has 0 N–H and O–H groups in total. The van der Waals surface area contributed by atoms with Gasteiger partial charge in [-0.3, -0.25) is 19.3 Å². The van der Waals surface area contributed by atoms with Gasteiger partial charge in [0.25, 0.3) is 0 Å². The lowest BCUT2D eigenvalue weighted by Gasteiger charge is -2.31. The monoisotopic (exact) mass is 475 g/mol. The average Bonchev–Trinajstić information content (AvgIpc) is 3.24. The van der Waals surface area contributed by atoms with Crippen molar-refractivity contribution in [3.05, 3.63) is 100 Å². The van der Waals surface area contributed by atoms with Crippen LogP contribution < -0.4 is 4.74 Å². The molecule has 1 saturated heterocycles. The zero-order valence-corrected chi connectivity index (χ0v) is 18.0. The molecule has 2 amide bonds. The van der Waals surface area contributed by atoms with Gasteiger partial charge < -0.3 is 4.74 Å². The molecular weight excluding hydrogens is 458 g/mol. The van der Waals surface area contributed by atoms with E-state index in [0.29, 0.717) is 21.3 Å². The summed E-state index contributed by atoms with van der Waals surface area (Å²) in [6.45, 7) is 0.181. The van der Waals surface area contributed by atoms with Crippen LogP contribution in [0.2, 0.25) is 0 Å². The number of rotatable bonds is 4. The number of carbonyl (C=O) groups excluding carboxylic acids is 3. The maximum atomic E-state index is 13.6. The Balaban J connectivity index is 1.65. The predicted octanol–water partition coefficient (Wildman–Crippen LogP) is 4.23. The summed E-state index contributed by atoms with van der Waals surface area (Å²) in [5.41, 5.74) is 0.726. The molecule has 0 bridgehead atoms. The molecule has 1 fully saturated rings. The first-order valence-electron chi connectivity index (χ1n) is 9.98. The van der Waals surface area contributed by atoms with Crippen molar-refractivity contribution in [2.75, 3.05) is 0 Å². The van der Waals surface area contributed by atoms with Crippen LogP contribution in [0.3, 0.4) is 0 Å². The second kappa shape index (κ2) is 7.46. The number of esters is 1. The minimum absolute atomic E-state index is 0.0540. The van der Waals surface area contributed by atoms with Gasteiger partial charge in [0, 0.05) is 12.0 Å². The van der Waals surface area contributed by atoms with Gasteiger partial charge in [-0.25, -0.2) is 0 Å². The lowest BCUT2D eigenvalue weighted by Crippen LogP contribution is -2.46. The summed E-state index contributed by atoms with van der Waals surface area (Å²) in [6, 6.07) is 23.9. The van der Waals surface area contributed by atoms with E-state index in [2.05, 4.69) is 15.9 Å². The molecule has 0 aliphatic carbocycles. The average molecular weight is 476 g/mol. The first-order chi connectivity index (χ1) is 15.0. The van der Waals surface area contributed by atoms with E-state index in [1.54, 1.807) is 12.1 Å². The van der Waals surface area contributed by atoms with Crippen molar-refractivity contribution in [2.45, 2.75) is 18.4 Å². The fourth-order valence-corrected chi connectivity index (χ4v) is 5.11. The number of carbonyl (C=O) groups is 3. The van der Waals surface area contributed by atoms with Crippen molar-refractivity contribution < 1.29 is 19.1 Å². The zero-order chi connectivity index (χ0) is 21.6. The van der Waals surface area contributed by atoms with Gasteiger partial charge in [0.2, 0.25) is 11.8 Å². The van der Waals surface area contributed by atoms with Crippen molar-refractivity contribution in [3.8, 4) is 5.75 Å². The van der Waals surface area contributed by atoms with Crippen molar-refractivity contribution in [1.29, 1.82) is 0 Å². The van der Waals surface area contributed by atoms with Gasteiger partial charge in [-0.1, -0.05) is 72.8 Å². The molecule has 154 valence electrons. The van der Waals surface area contributed by atoms with Crippen molar-refractivity contribution in [1.82, 2.24) is 4.90 Å². The molecule has 3 aromatic rings. The molecule has 2 aliphatic heterocycles. The quantitative estimate of drug-likeness (QED) is 0.321. The molecule has 31 heavy (non-hydrogen) atoms. The lowest BCUT2D eigenvalue weighted by molar-refractivity contribution is -0.145. The summed E-state index contributed by atoms with van der Waals surface area (Å²) in [6.07, 6.45) is -0.0540. The number of ether oxygens (including phenoxy) is 1. The fourth-order valence-electron chi connectivity index (χ4n) is 4.67. The third-order valence-corrected chi connectivity index (χ3v) is 6.71. The first-order valence-corrected chi connectivity index (χ1v) is 10.8. The Bertz CT molecular complexity index is 1190. The molecule has 2 atom stereocenters. The highest BCUT2D eigenvalue weighted by Gasteiger charge is 2.62. The van der Waals surface area contributed by atoms with Gasteiger partial charge in [-0.2, -0.15) is 0 Å². The third-order valence-electron chi connectivity index (χ3n) is 6.09. The highest BCUT2D eigenvalue weighted by Crippen LogP contribution is 2.54. The number of imide groups is 1. The molecule has 0 saturated carbocycles. The Kier molecular flexibility index (Phi) is 4.74. The highest BCUT2D eigenvalue weighted by molar-refractivity contribution is 9.10. The van der Waals surface area contributed by atoms with Crippen LogP contribution in [-0.2, 0) is 26.3 Å². The number of halogens is 1. The second-order valence-corrected chi connectivity index (χ2v) is 8.59. The Labute approximate surface area is 187 Å². The standard InChI is InChI=1S/C25H18BrNO4/c26-20-13-7-12-18-22(20)31-24(30)25(18,17-10-5-2-6-11-17)19-14-21(28)27(23(19)29)15-16-8-3-1-4-9-16/h1-13,19H,14-15H2/t19-,25+/m1/s1. The summed E-state index contributed by atoms with van der Waals surface area (Å²) in [7, 11) is 0. The molecule has 6 heteroatoms. The van der Waals surface area contributed by atoms with Gasteiger partial charge in [0.05, 0.1) is 16.9 Å². The Hall–Kier alpha value is -3.25. The van der Waals surface area contributed by atoms with E-state index >= 15 is 0 Å². The largest absolute Gasteiger partial charge is 0.424 e. The number of hydrogen-bond donors (Lipinski definition) is 0. The molecular formula is C25H18BrNO4. The lowest BCUT2D eigenvalue weighted by atomic mass is 9.66. The normalized spacial score (nSPS) is 22.5. The Morgan fingerprint density at radius 1 is 0.903 bits per heavy atom. The van der Waals surface area contributed by atoms with E-state index in [4.69, 9.17) is 4.74 Å². The smallest absolute Gasteiger partial charge is 0.327 e. The van der Waals surface area contributed by atoms with Crippen LogP contribution in [0, 0.1) is 5.92 Å². The van der Waals surface area contributed by atoms with Crippen LogP contribution in [0.4, 0.5) is 0 Å². The van der Waals surface area contributed by atoms with Crippen molar-refractivity contribution >= 4 is 33.7 Å². The van der Waals surface area contributed by atoms with Crippen LogP contribution >= 0.6 is 15.9 Å². The van der Waals surface area contributed by atoms with Crippen LogP contribution in [0.25, 0.3) is 0 Å². The summed E-state index contributed by atoms with van der Waals surface area (Å²) in [4.78, 5) is 41.3. The summed E-state index contributed by atoms with van der Waals surface area (Å²) < 4.78 is 6.32. The van der Waals surface area contributed by atoms with E-state index < -0.39 is 17.3 Å². The van der Waals surface area contributed by atoms with Gasteiger partial charge >= 0.3 is 5.97 Å². The van der Waals surface area contributed by atoms with Gasteiger partial charge in [-0.05, 0) is 33.1 Å². The molecule has 5 nitrogen and oxygen atoms in total. The van der Waals surface area contributed by atoms with Crippen molar-refractivity contribution in [2.24, 2.45) is 5.92 Å². The van der Waals surface area contributed by atoms with E-state index in [9.17, 15) is 14.4 Å². The number of benzene rings is 3. The van der Waals surface area contributed by atoms with Gasteiger partial charge in [0.1, 0.15) is 11.2 Å². The molecule has 0 radical (unpaired) electrons. The fraction of sp³-hybridized carbons (Fsp3) is 0.160. The topological polar surface area (TPSA) is 63.7 Å². The summed E-state index contributed by atoms with van der Waals surface area (Å²) >= 11 is 3.45. The molecule has 3 aromatic carbocycles. The van der Waals surface area contributed by atoms with E-state index in [-0.39, 0.29) is 24.8 Å². The number of fused-ring (bicyclic) bond motifs is 1. The predicted molar refractivity (Wildman–Crippen MR) is 117 cm³/mol. The van der Waals surface area contributed by atoms with Crippen LogP contribution in [0.15, 0.2) is 83.3 Å². The number of hydrogen-bond acceptors (Lipinski definition) is 4. The molecule has 2 aliphatic rings. The molecule has 2 heterocycles. The van der Waals surface area contributed by atoms with E-state index in [1.165, 1.54) is 4.90 Å².